The topological polar surface area (TPSA) is 59.6 Å². The Hall–Kier alpha value is -2.12. The van der Waals surface area contributed by atoms with E-state index in [2.05, 4.69) is 40.4 Å². The van der Waals surface area contributed by atoms with Crippen molar-refractivity contribution < 1.29 is 14.3 Å². The van der Waals surface area contributed by atoms with E-state index in [9.17, 15) is 4.79 Å². The second-order valence-electron chi connectivity index (χ2n) is 7.28. The summed E-state index contributed by atoms with van der Waals surface area (Å²) >= 11 is 8.73. The Bertz CT molecular complexity index is 856. The lowest BCUT2D eigenvalue weighted by Crippen LogP contribution is -2.34. The summed E-state index contributed by atoms with van der Waals surface area (Å²) in [5, 5.41) is 5.91. The Morgan fingerprint density at radius 1 is 1.14 bits per heavy atom. The molecule has 0 atom stereocenters. The van der Waals surface area contributed by atoms with Crippen LogP contribution in [0, 0.1) is 5.92 Å². The van der Waals surface area contributed by atoms with Crippen LogP contribution in [-0.4, -0.2) is 23.7 Å². The summed E-state index contributed by atoms with van der Waals surface area (Å²) in [7, 11) is 0. The average molecular weight is 479 g/mol. The minimum absolute atomic E-state index is 0.0766. The van der Waals surface area contributed by atoms with E-state index < -0.39 is 0 Å². The fraction of sp³-hybridized carbons (Fsp3) is 0.364. The molecule has 0 aliphatic rings. The van der Waals surface area contributed by atoms with Crippen molar-refractivity contribution in [1.82, 2.24) is 5.32 Å². The van der Waals surface area contributed by atoms with Gasteiger partial charge in [-0.05, 0) is 84.7 Å². The van der Waals surface area contributed by atoms with E-state index in [1.807, 2.05) is 38.1 Å². The van der Waals surface area contributed by atoms with E-state index in [0.29, 0.717) is 23.8 Å². The van der Waals surface area contributed by atoms with Crippen molar-refractivity contribution in [2.24, 2.45) is 5.92 Å². The van der Waals surface area contributed by atoms with Crippen LogP contribution >= 0.6 is 28.1 Å². The Morgan fingerprint density at radius 2 is 1.90 bits per heavy atom. The lowest BCUT2D eigenvalue weighted by molar-refractivity contribution is 0.0977. The SMILES string of the molecule is CC(C)CCOc1ccc(C(=O)NC(=S)Nc2cccc(OC(C)C)c2)cc1Br. The largest absolute Gasteiger partial charge is 0.492 e. The molecule has 0 saturated carbocycles. The van der Waals surface area contributed by atoms with Crippen LogP contribution in [0.15, 0.2) is 46.9 Å². The Morgan fingerprint density at radius 3 is 2.55 bits per heavy atom. The van der Waals surface area contributed by atoms with Crippen LogP contribution in [0.3, 0.4) is 0 Å². The molecule has 0 aromatic heterocycles. The Balaban J connectivity index is 1.94. The molecule has 0 fully saturated rings. The van der Waals surface area contributed by atoms with Crippen LogP contribution in [0.5, 0.6) is 11.5 Å². The third-order valence-electron chi connectivity index (χ3n) is 3.84. The molecule has 1 amide bonds. The van der Waals surface area contributed by atoms with Crippen molar-refractivity contribution in [2.45, 2.75) is 40.2 Å². The van der Waals surface area contributed by atoms with Gasteiger partial charge in [-0.25, -0.2) is 0 Å². The van der Waals surface area contributed by atoms with Gasteiger partial charge in [0.25, 0.3) is 5.91 Å². The predicted octanol–water partition coefficient (Wildman–Crippen LogP) is 5.79. The zero-order valence-corrected chi connectivity index (χ0v) is 19.5. The van der Waals surface area contributed by atoms with Crippen molar-refractivity contribution in [3.8, 4) is 11.5 Å². The first-order valence-corrected chi connectivity index (χ1v) is 10.8. The van der Waals surface area contributed by atoms with Gasteiger partial charge in [-0.3, -0.25) is 10.1 Å². The van der Waals surface area contributed by atoms with E-state index in [1.54, 1.807) is 18.2 Å². The Labute approximate surface area is 186 Å². The van der Waals surface area contributed by atoms with Gasteiger partial charge in [-0.15, -0.1) is 0 Å². The van der Waals surface area contributed by atoms with Gasteiger partial charge >= 0.3 is 0 Å². The summed E-state index contributed by atoms with van der Waals surface area (Å²) in [6.07, 6.45) is 1.05. The maximum Gasteiger partial charge on any atom is 0.257 e. The molecule has 5 nitrogen and oxygen atoms in total. The summed E-state index contributed by atoms with van der Waals surface area (Å²) in [6, 6.07) is 12.6. The fourth-order valence-electron chi connectivity index (χ4n) is 2.42. The number of carbonyl (C=O) groups is 1. The maximum absolute atomic E-state index is 12.5. The number of amides is 1. The molecule has 7 heteroatoms. The summed E-state index contributed by atoms with van der Waals surface area (Å²) in [5.41, 5.74) is 1.22. The monoisotopic (exact) mass is 478 g/mol. The van der Waals surface area contributed by atoms with Crippen LogP contribution < -0.4 is 20.1 Å². The molecular weight excluding hydrogens is 452 g/mol. The first-order valence-electron chi connectivity index (χ1n) is 9.56. The highest BCUT2D eigenvalue weighted by Gasteiger charge is 2.11. The van der Waals surface area contributed by atoms with E-state index in [4.69, 9.17) is 21.7 Å². The molecule has 2 aromatic carbocycles. The number of anilines is 1. The molecule has 0 bridgehead atoms. The molecule has 2 N–H and O–H groups in total. The van der Waals surface area contributed by atoms with Gasteiger partial charge in [0, 0.05) is 17.3 Å². The molecule has 0 radical (unpaired) electrons. The van der Waals surface area contributed by atoms with Crippen molar-refractivity contribution in [3.63, 3.8) is 0 Å². The van der Waals surface area contributed by atoms with Gasteiger partial charge in [0.15, 0.2) is 5.11 Å². The molecular formula is C22H27BrN2O3S. The standard InChI is InChI=1S/C22H27BrN2O3S/c1-14(2)10-11-27-20-9-8-16(12-19(20)23)21(26)25-22(29)24-17-6-5-7-18(13-17)28-15(3)4/h5-9,12-15H,10-11H2,1-4H3,(H2,24,25,26,29). The number of rotatable bonds is 8. The number of hydrogen-bond donors (Lipinski definition) is 2. The lowest BCUT2D eigenvalue weighted by Gasteiger charge is -2.13. The number of nitrogens with one attached hydrogen (secondary N) is 2. The molecule has 156 valence electrons. The third-order valence-corrected chi connectivity index (χ3v) is 4.66. The molecule has 29 heavy (non-hydrogen) atoms. The molecule has 0 unspecified atom stereocenters. The van der Waals surface area contributed by atoms with Gasteiger partial charge in [-0.2, -0.15) is 0 Å². The first kappa shape index (κ1) is 23.2. The highest BCUT2D eigenvalue weighted by Crippen LogP contribution is 2.26. The van der Waals surface area contributed by atoms with Crippen LogP contribution in [0.1, 0.15) is 44.5 Å². The van der Waals surface area contributed by atoms with Gasteiger partial charge in [0.05, 0.1) is 17.2 Å². The molecule has 0 spiro atoms. The van der Waals surface area contributed by atoms with Gasteiger partial charge in [-0.1, -0.05) is 19.9 Å². The quantitative estimate of drug-likeness (QED) is 0.470. The maximum atomic E-state index is 12.5. The van der Waals surface area contributed by atoms with Crippen molar-refractivity contribution in [2.75, 3.05) is 11.9 Å². The number of thiocarbonyl (C=S) groups is 1. The zero-order chi connectivity index (χ0) is 21.4. The summed E-state index contributed by atoms with van der Waals surface area (Å²) in [5.74, 6) is 1.72. The van der Waals surface area contributed by atoms with Crippen LogP contribution in [0.4, 0.5) is 5.69 Å². The highest BCUT2D eigenvalue weighted by molar-refractivity contribution is 9.10. The van der Waals surface area contributed by atoms with Crippen LogP contribution in [0.2, 0.25) is 0 Å². The van der Waals surface area contributed by atoms with Crippen molar-refractivity contribution in [1.29, 1.82) is 0 Å². The fourth-order valence-corrected chi connectivity index (χ4v) is 3.12. The number of ether oxygens (including phenoxy) is 2. The Kier molecular flexibility index (Phi) is 8.92. The second-order valence-corrected chi connectivity index (χ2v) is 8.54. The summed E-state index contributed by atoms with van der Waals surface area (Å²) < 4.78 is 12.1. The van der Waals surface area contributed by atoms with E-state index in [-0.39, 0.29) is 17.1 Å². The van der Waals surface area contributed by atoms with E-state index >= 15 is 0 Å². The normalized spacial score (nSPS) is 10.7. The number of carbonyl (C=O) groups excluding carboxylic acids is 1. The van der Waals surface area contributed by atoms with E-state index in [0.717, 1.165) is 22.3 Å². The third kappa shape index (κ3) is 8.03. The summed E-state index contributed by atoms with van der Waals surface area (Å²) in [6.45, 7) is 8.86. The lowest BCUT2D eigenvalue weighted by atomic mass is 10.1. The zero-order valence-electron chi connectivity index (χ0n) is 17.1. The number of halogens is 1. The minimum atomic E-state index is -0.300. The molecule has 2 aromatic rings. The number of benzene rings is 2. The smallest absolute Gasteiger partial charge is 0.257 e. The van der Waals surface area contributed by atoms with Gasteiger partial charge < -0.3 is 14.8 Å². The van der Waals surface area contributed by atoms with Crippen LogP contribution in [0.25, 0.3) is 0 Å². The highest BCUT2D eigenvalue weighted by atomic mass is 79.9. The molecule has 0 aliphatic heterocycles. The molecule has 0 saturated heterocycles. The minimum Gasteiger partial charge on any atom is -0.492 e. The van der Waals surface area contributed by atoms with Gasteiger partial charge in [0.1, 0.15) is 11.5 Å². The summed E-state index contributed by atoms with van der Waals surface area (Å²) in [4.78, 5) is 12.5. The van der Waals surface area contributed by atoms with Crippen molar-refractivity contribution >= 4 is 44.9 Å². The number of hydrogen-bond acceptors (Lipinski definition) is 4. The van der Waals surface area contributed by atoms with Gasteiger partial charge in [0.2, 0.25) is 0 Å². The molecule has 0 heterocycles. The van der Waals surface area contributed by atoms with Crippen LogP contribution in [-0.2, 0) is 0 Å². The second kappa shape index (κ2) is 11.2. The average Bonchev–Trinajstić information content (AvgIpc) is 2.62. The van der Waals surface area contributed by atoms with Crippen molar-refractivity contribution in [3.05, 3.63) is 52.5 Å². The first-order chi connectivity index (χ1) is 13.7. The molecule has 0 aliphatic carbocycles. The van der Waals surface area contributed by atoms with E-state index in [1.165, 1.54) is 0 Å². The molecule has 2 rings (SSSR count). The predicted molar refractivity (Wildman–Crippen MR) is 125 cm³/mol.